The molecule has 3 heteroatoms. The molecular formula is C46H49BN2. The van der Waals surface area contributed by atoms with Crippen molar-refractivity contribution in [2.45, 2.75) is 103 Å². The normalized spacial score (nSPS) is 20.0. The van der Waals surface area contributed by atoms with E-state index in [-0.39, 0.29) is 28.4 Å². The first kappa shape index (κ1) is 30.8. The summed E-state index contributed by atoms with van der Waals surface area (Å²) in [5.74, 6) is 0. The molecule has 0 spiro atoms. The summed E-state index contributed by atoms with van der Waals surface area (Å²) in [5, 5.41) is 0. The van der Waals surface area contributed by atoms with Gasteiger partial charge in [0.2, 0.25) is 0 Å². The van der Waals surface area contributed by atoms with Gasteiger partial charge in [-0.15, -0.1) is 0 Å². The van der Waals surface area contributed by atoms with Crippen LogP contribution in [0.25, 0.3) is 0 Å². The summed E-state index contributed by atoms with van der Waals surface area (Å²) >= 11 is 0. The Morgan fingerprint density at radius 2 is 0.959 bits per heavy atom. The minimum atomic E-state index is 0.0391. The minimum Gasteiger partial charge on any atom is -0.311 e. The van der Waals surface area contributed by atoms with E-state index in [1.54, 1.807) is 5.56 Å². The zero-order valence-corrected chi connectivity index (χ0v) is 30.6. The van der Waals surface area contributed by atoms with Gasteiger partial charge in [0.05, 0.1) is 5.69 Å². The molecule has 4 aliphatic rings. The fourth-order valence-corrected chi connectivity index (χ4v) is 10.1. The predicted octanol–water partition coefficient (Wildman–Crippen LogP) is 10.5. The molecule has 0 aromatic heterocycles. The molecule has 2 aliphatic carbocycles. The zero-order chi connectivity index (χ0) is 34.1. The molecule has 0 radical (unpaired) electrons. The van der Waals surface area contributed by atoms with Crippen LogP contribution in [0.4, 0.5) is 34.1 Å². The second-order valence-corrected chi connectivity index (χ2v) is 17.9. The molecule has 9 rings (SSSR count). The van der Waals surface area contributed by atoms with Gasteiger partial charge in [-0.3, -0.25) is 0 Å². The van der Waals surface area contributed by atoms with Crippen molar-refractivity contribution in [2.75, 3.05) is 9.80 Å². The quantitative estimate of drug-likeness (QED) is 0.174. The van der Waals surface area contributed by atoms with E-state index in [1.807, 2.05) is 0 Å². The highest BCUT2D eigenvalue weighted by Crippen LogP contribution is 2.56. The summed E-state index contributed by atoms with van der Waals surface area (Å²) in [7, 11) is 0. The van der Waals surface area contributed by atoms with Gasteiger partial charge in [0, 0.05) is 28.4 Å². The maximum Gasteiger partial charge on any atom is 0.252 e. The number of benzene rings is 5. The summed E-state index contributed by atoms with van der Waals surface area (Å²) in [4.78, 5) is 5.26. The molecule has 2 nitrogen and oxygen atoms in total. The lowest BCUT2D eigenvalue weighted by Gasteiger charge is -2.51. The number of fused-ring (bicyclic) bond motifs is 7. The third kappa shape index (κ3) is 4.27. The molecule has 0 bridgehead atoms. The highest BCUT2D eigenvalue weighted by Gasteiger charge is 2.49. The van der Waals surface area contributed by atoms with Crippen LogP contribution in [0.1, 0.15) is 103 Å². The van der Waals surface area contributed by atoms with E-state index in [1.165, 1.54) is 92.9 Å². The van der Waals surface area contributed by atoms with Crippen molar-refractivity contribution in [1.29, 1.82) is 0 Å². The highest BCUT2D eigenvalue weighted by molar-refractivity contribution is 7.00. The Labute approximate surface area is 294 Å². The third-order valence-corrected chi connectivity index (χ3v) is 12.9. The van der Waals surface area contributed by atoms with Gasteiger partial charge < -0.3 is 9.80 Å². The van der Waals surface area contributed by atoms with Crippen LogP contribution in [0.3, 0.4) is 0 Å². The van der Waals surface area contributed by atoms with Gasteiger partial charge in [-0.25, -0.2) is 0 Å². The second-order valence-electron chi connectivity index (χ2n) is 17.9. The number of hydrogen-bond donors (Lipinski definition) is 0. The number of para-hydroxylation sites is 2. The molecule has 5 aromatic rings. The number of anilines is 6. The van der Waals surface area contributed by atoms with Crippen LogP contribution in [-0.4, -0.2) is 6.71 Å². The lowest BCUT2D eigenvalue weighted by Crippen LogP contribution is -2.62. The molecule has 0 fully saturated rings. The lowest BCUT2D eigenvalue weighted by molar-refractivity contribution is 0.331. The van der Waals surface area contributed by atoms with Gasteiger partial charge in [-0.1, -0.05) is 122 Å². The first-order valence-electron chi connectivity index (χ1n) is 18.5. The molecule has 2 aliphatic heterocycles. The first-order chi connectivity index (χ1) is 23.3. The smallest absolute Gasteiger partial charge is 0.252 e. The number of rotatable bonds is 2. The van der Waals surface area contributed by atoms with Gasteiger partial charge in [-0.05, 0) is 122 Å². The zero-order valence-electron chi connectivity index (χ0n) is 30.6. The Hall–Kier alpha value is -4.24. The summed E-state index contributed by atoms with van der Waals surface area (Å²) in [6, 6.07) is 39.5. The Bertz CT molecular complexity index is 2150. The predicted molar refractivity (Wildman–Crippen MR) is 211 cm³/mol. The SMILES string of the molecule is CC1(C)CCC(C)(C)c2c(N3c4cccc5c4B(c4ccccc4N5c4ccccc4)c4ccc5c(c43)C(C)(C)CCC5(C)C)cccc21. The van der Waals surface area contributed by atoms with Crippen molar-refractivity contribution in [3.05, 3.63) is 125 Å². The van der Waals surface area contributed by atoms with Gasteiger partial charge in [0.1, 0.15) is 0 Å². The topological polar surface area (TPSA) is 6.48 Å². The van der Waals surface area contributed by atoms with Gasteiger partial charge in [-0.2, -0.15) is 0 Å². The van der Waals surface area contributed by atoms with Crippen LogP contribution in [0.2, 0.25) is 0 Å². The maximum atomic E-state index is 2.76. The van der Waals surface area contributed by atoms with Crippen LogP contribution in [0.5, 0.6) is 0 Å². The number of hydrogen-bond acceptors (Lipinski definition) is 2. The van der Waals surface area contributed by atoms with Crippen LogP contribution in [0.15, 0.2) is 103 Å². The Morgan fingerprint density at radius 3 is 1.67 bits per heavy atom. The van der Waals surface area contributed by atoms with Crippen molar-refractivity contribution in [2.24, 2.45) is 0 Å². The maximum absolute atomic E-state index is 2.76. The second kappa shape index (κ2) is 10.2. The van der Waals surface area contributed by atoms with E-state index in [9.17, 15) is 0 Å². The average molecular weight is 641 g/mol. The molecule has 5 aromatic carbocycles. The fourth-order valence-electron chi connectivity index (χ4n) is 10.1. The standard InChI is InChI=1S/C46H49BN2/c1-43(2)26-28-45(5,6)39-31(43)18-14-21-36(39)49-38-23-15-22-37-41(38)47(33-19-12-13-20-35(33)48(37)30-16-10-9-11-17-30)34-25-24-32-40(42(34)49)46(7,8)29-27-44(32,3)4/h9-25H,26-29H2,1-8H3. The largest absolute Gasteiger partial charge is 0.311 e. The molecule has 246 valence electrons. The molecular weight excluding hydrogens is 591 g/mol. The van der Waals surface area contributed by atoms with Crippen molar-refractivity contribution in [3.63, 3.8) is 0 Å². The minimum absolute atomic E-state index is 0.0391. The molecule has 49 heavy (non-hydrogen) atoms. The van der Waals surface area contributed by atoms with Crippen molar-refractivity contribution >= 4 is 57.2 Å². The van der Waals surface area contributed by atoms with Gasteiger partial charge >= 0.3 is 0 Å². The van der Waals surface area contributed by atoms with E-state index in [0.29, 0.717) is 0 Å². The van der Waals surface area contributed by atoms with E-state index in [2.05, 4.69) is 168 Å². The van der Waals surface area contributed by atoms with E-state index in [4.69, 9.17) is 0 Å². The highest BCUT2D eigenvalue weighted by atomic mass is 15.2. The molecule has 0 saturated heterocycles. The van der Waals surface area contributed by atoms with Crippen LogP contribution in [-0.2, 0) is 21.7 Å². The third-order valence-electron chi connectivity index (χ3n) is 12.9. The first-order valence-corrected chi connectivity index (χ1v) is 18.5. The molecule has 0 atom stereocenters. The summed E-state index contributed by atoms with van der Waals surface area (Å²) < 4.78 is 0. The fraction of sp³-hybridized carbons (Fsp3) is 0.348. The molecule has 0 N–H and O–H groups in total. The Balaban J connectivity index is 1.44. The summed E-state index contributed by atoms with van der Waals surface area (Å²) in [6.07, 6.45) is 4.77. The molecule has 0 unspecified atom stereocenters. The van der Waals surface area contributed by atoms with Crippen molar-refractivity contribution in [3.8, 4) is 0 Å². The molecule has 0 amide bonds. The number of nitrogens with zero attached hydrogens (tertiary/aromatic N) is 2. The van der Waals surface area contributed by atoms with E-state index < -0.39 is 0 Å². The van der Waals surface area contributed by atoms with E-state index >= 15 is 0 Å². The summed E-state index contributed by atoms with van der Waals surface area (Å²) in [6.45, 7) is 20.0. The van der Waals surface area contributed by atoms with Crippen LogP contribution >= 0.6 is 0 Å². The summed E-state index contributed by atoms with van der Waals surface area (Å²) in [5.41, 5.74) is 18.5. The Morgan fingerprint density at radius 1 is 0.429 bits per heavy atom. The molecule has 0 saturated carbocycles. The van der Waals surface area contributed by atoms with Gasteiger partial charge in [0.15, 0.2) is 0 Å². The molecule has 2 heterocycles. The van der Waals surface area contributed by atoms with Crippen molar-refractivity contribution < 1.29 is 0 Å². The monoisotopic (exact) mass is 640 g/mol. The van der Waals surface area contributed by atoms with E-state index in [0.717, 1.165) is 0 Å². The van der Waals surface area contributed by atoms with Crippen molar-refractivity contribution in [1.82, 2.24) is 0 Å². The van der Waals surface area contributed by atoms with Crippen LogP contribution < -0.4 is 26.2 Å². The van der Waals surface area contributed by atoms with Gasteiger partial charge in [0.25, 0.3) is 6.71 Å². The Kier molecular flexibility index (Phi) is 6.38. The average Bonchev–Trinajstić information content (AvgIpc) is 3.08. The van der Waals surface area contributed by atoms with Crippen LogP contribution in [0, 0.1) is 0 Å². The lowest BCUT2D eigenvalue weighted by atomic mass is 9.33.